The lowest BCUT2D eigenvalue weighted by molar-refractivity contribution is 0.299. The highest BCUT2D eigenvalue weighted by Gasteiger charge is 2.02. The first-order valence-electron chi connectivity index (χ1n) is 5.82. The van der Waals surface area contributed by atoms with Gasteiger partial charge in [-0.2, -0.15) is 0 Å². The molecule has 1 aromatic carbocycles. The molecule has 0 amide bonds. The molecule has 0 aliphatic carbocycles. The average molecular weight is 274 g/mol. The Labute approximate surface area is 116 Å². The van der Waals surface area contributed by atoms with Gasteiger partial charge in [0.1, 0.15) is 10.7 Å². The van der Waals surface area contributed by atoms with E-state index in [-0.39, 0.29) is 6.61 Å². The third-order valence-electron chi connectivity index (χ3n) is 2.57. The van der Waals surface area contributed by atoms with Crippen molar-refractivity contribution in [3.63, 3.8) is 0 Å². The Hall–Kier alpha value is -1.98. The van der Waals surface area contributed by atoms with Gasteiger partial charge in [-0.3, -0.25) is 0 Å². The zero-order chi connectivity index (χ0) is 13.7. The van der Waals surface area contributed by atoms with E-state index in [0.717, 1.165) is 11.1 Å². The molecule has 4 nitrogen and oxygen atoms in total. The second kappa shape index (κ2) is 6.26. The standard InChI is InChI=1S/C14H14N2O2S/c15-14(19)11-5-7-16-13(9-11)18-12-3-1-10(2-4-12)6-8-17/h1-5,7,9,17H,6,8H2,(H2,15,19). The number of hydrogen-bond acceptors (Lipinski definition) is 4. The van der Waals surface area contributed by atoms with Crippen LogP contribution in [0.3, 0.4) is 0 Å². The van der Waals surface area contributed by atoms with Crippen molar-refractivity contribution in [1.82, 2.24) is 4.98 Å². The molecule has 0 bridgehead atoms. The first-order valence-corrected chi connectivity index (χ1v) is 6.23. The number of hydrogen-bond donors (Lipinski definition) is 2. The molecule has 0 unspecified atom stereocenters. The summed E-state index contributed by atoms with van der Waals surface area (Å²) < 4.78 is 5.61. The van der Waals surface area contributed by atoms with E-state index in [0.29, 0.717) is 23.0 Å². The molecule has 0 spiro atoms. The summed E-state index contributed by atoms with van der Waals surface area (Å²) in [7, 11) is 0. The highest BCUT2D eigenvalue weighted by atomic mass is 32.1. The third kappa shape index (κ3) is 3.74. The van der Waals surface area contributed by atoms with Gasteiger partial charge >= 0.3 is 0 Å². The van der Waals surface area contributed by atoms with Crippen molar-refractivity contribution in [1.29, 1.82) is 0 Å². The molecule has 0 aliphatic heterocycles. The van der Waals surface area contributed by atoms with E-state index in [2.05, 4.69) is 4.98 Å². The summed E-state index contributed by atoms with van der Waals surface area (Å²) in [6.45, 7) is 0.137. The van der Waals surface area contributed by atoms with Gasteiger partial charge < -0.3 is 15.6 Å². The first-order chi connectivity index (χ1) is 9.19. The summed E-state index contributed by atoms with van der Waals surface area (Å²) in [4.78, 5) is 4.41. The van der Waals surface area contributed by atoms with E-state index in [9.17, 15) is 0 Å². The van der Waals surface area contributed by atoms with E-state index in [1.54, 1.807) is 18.3 Å². The molecule has 0 atom stereocenters. The molecule has 0 aliphatic rings. The SMILES string of the molecule is NC(=S)c1ccnc(Oc2ccc(CCO)cc2)c1. The maximum atomic E-state index is 8.84. The number of nitrogens with zero attached hydrogens (tertiary/aromatic N) is 1. The number of thiocarbonyl (C=S) groups is 1. The van der Waals surface area contributed by atoms with Gasteiger partial charge in [0.15, 0.2) is 0 Å². The van der Waals surface area contributed by atoms with E-state index < -0.39 is 0 Å². The van der Waals surface area contributed by atoms with Crippen LogP contribution in [0.1, 0.15) is 11.1 Å². The van der Waals surface area contributed by atoms with Crippen molar-refractivity contribution in [2.45, 2.75) is 6.42 Å². The van der Waals surface area contributed by atoms with Gasteiger partial charge in [-0.15, -0.1) is 0 Å². The maximum absolute atomic E-state index is 8.84. The Bertz CT molecular complexity index is 570. The third-order valence-corrected chi connectivity index (χ3v) is 2.80. The maximum Gasteiger partial charge on any atom is 0.219 e. The summed E-state index contributed by atoms with van der Waals surface area (Å²) in [5.74, 6) is 1.12. The van der Waals surface area contributed by atoms with E-state index in [4.69, 9.17) is 27.8 Å². The van der Waals surface area contributed by atoms with Gasteiger partial charge in [-0.05, 0) is 30.2 Å². The van der Waals surface area contributed by atoms with Crippen molar-refractivity contribution in [2.75, 3.05) is 6.61 Å². The second-order valence-electron chi connectivity index (χ2n) is 3.97. The molecule has 3 N–H and O–H groups in total. The van der Waals surface area contributed by atoms with Gasteiger partial charge in [0.05, 0.1) is 0 Å². The summed E-state index contributed by atoms with van der Waals surface area (Å²) in [6.07, 6.45) is 2.24. The van der Waals surface area contributed by atoms with E-state index >= 15 is 0 Å². The van der Waals surface area contributed by atoms with Crippen molar-refractivity contribution in [2.24, 2.45) is 5.73 Å². The average Bonchev–Trinajstić information content (AvgIpc) is 2.42. The van der Waals surface area contributed by atoms with Gasteiger partial charge in [0, 0.05) is 24.4 Å². The predicted molar refractivity (Wildman–Crippen MR) is 77.4 cm³/mol. The highest BCUT2D eigenvalue weighted by molar-refractivity contribution is 7.80. The minimum absolute atomic E-state index is 0.137. The minimum atomic E-state index is 0.137. The van der Waals surface area contributed by atoms with Crippen molar-refractivity contribution in [3.8, 4) is 11.6 Å². The lowest BCUT2D eigenvalue weighted by Crippen LogP contribution is -2.09. The molecule has 1 heterocycles. The van der Waals surface area contributed by atoms with Crippen LogP contribution in [0.15, 0.2) is 42.6 Å². The number of benzene rings is 1. The number of nitrogens with two attached hydrogens (primary N) is 1. The summed E-state index contributed by atoms with van der Waals surface area (Å²) in [5.41, 5.74) is 7.33. The summed E-state index contributed by atoms with van der Waals surface area (Å²) in [5, 5.41) is 8.84. The second-order valence-corrected chi connectivity index (χ2v) is 4.41. The first kappa shape index (κ1) is 13.5. The van der Waals surface area contributed by atoms with Crippen molar-refractivity contribution in [3.05, 3.63) is 53.7 Å². The fraction of sp³-hybridized carbons (Fsp3) is 0.143. The van der Waals surface area contributed by atoms with Crippen LogP contribution >= 0.6 is 12.2 Å². The monoisotopic (exact) mass is 274 g/mol. The van der Waals surface area contributed by atoms with Crippen LogP contribution in [0.5, 0.6) is 11.6 Å². The Morgan fingerprint density at radius 2 is 2.00 bits per heavy atom. The van der Waals surface area contributed by atoms with Gasteiger partial charge in [-0.25, -0.2) is 4.98 Å². The number of ether oxygens (including phenoxy) is 1. The van der Waals surface area contributed by atoms with Crippen LogP contribution in [-0.2, 0) is 6.42 Å². The number of rotatable bonds is 5. The van der Waals surface area contributed by atoms with Gasteiger partial charge in [0.2, 0.25) is 5.88 Å². The molecule has 0 radical (unpaired) electrons. The Morgan fingerprint density at radius 1 is 1.26 bits per heavy atom. The number of aliphatic hydroxyl groups excluding tert-OH is 1. The van der Waals surface area contributed by atoms with Crippen LogP contribution < -0.4 is 10.5 Å². The van der Waals surface area contributed by atoms with Crippen LogP contribution in [0, 0.1) is 0 Å². The Balaban J connectivity index is 2.12. The number of pyridine rings is 1. The molecule has 0 saturated carbocycles. The number of aliphatic hydroxyl groups is 1. The fourth-order valence-corrected chi connectivity index (χ4v) is 1.72. The fourth-order valence-electron chi connectivity index (χ4n) is 1.59. The highest BCUT2D eigenvalue weighted by Crippen LogP contribution is 2.20. The lowest BCUT2D eigenvalue weighted by Gasteiger charge is -2.06. The molecule has 0 fully saturated rings. The molecule has 2 rings (SSSR count). The number of aromatic nitrogens is 1. The molecule has 19 heavy (non-hydrogen) atoms. The smallest absolute Gasteiger partial charge is 0.219 e. The molecular formula is C14H14N2O2S. The summed E-state index contributed by atoms with van der Waals surface area (Å²) >= 11 is 4.90. The van der Waals surface area contributed by atoms with Crippen molar-refractivity contribution >= 4 is 17.2 Å². The van der Waals surface area contributed by atoms with Crippen molar-refractivity contribution < 1.29 is 9.84 Å². The van der Waals surface area contributed by atoms with Crippen LogP contribution in [0.2, 0.25) is 0 Å². The summed E-state index contributed by atoms with van der Waals surface area (Å²) in [6, 6.07) is 10.9. The molecular weight excluding hydrogens is 260 g/mol. The molecule has 5 heteroatoms. The Kier molecular flexibility index (Phi) is 4.43. The molecule has 98 valence electrons. The predicted octanol–water partition coefficient (Wildman–Crippen LogP) is 2.04. The zero-order valence-corrected chi connectivity index (χ0v) is 11.1. The van der Waals surface area contributed by atoms with E-state index in [1.807, 2.05) is 24.3 Å². The minimum Gasteiger partial charge on any atom is -0.439 e. The van der Waals surface area contributed by atoms with Crippen LogP contribution in [0.4, 0.5) is 0 Å². The van der Waals surface area contributed by atoms with Gasteiger partial charge in [-0.1, -0.05) is 24.4 Å². The van der Waals surface area contributed by atoms with Crippen LogP contribution in [-0.4, -0.2) is 21.7 Å². The van der Waals surface area contributed by atoms with Gasteiger partial charge in [0.25, 0.3) is 0 Å². The Morgan fingerprint density at radius 3 is 2.63 bits per heavy atom. The van der Waals surface area contributed by atoms with E-state index in [1.165, 1.54) is 0 Å². The zero-order valence-electron chi connectivity index (χ0n) is 10.2. The lowest BCUT2D eigenvalue weighted by atomic mass is 10.1. The normalized spacial score (nSPS) is 10.2. The quantitative estimate of drug-likeness (QED) is 0.817. The largest absolute Gasteiger partial charge is 0.439 e. The molecule has 0 saturated heterocycles. The topological polar surface area (TPSA) is 68.4 Å². The molecule has 2 aromatic rings. The van der Waals surface area contributed by atoms with Crippen LogP contribution in [0.25, 0.3) is 0 Å². The molecule has 1 aromatic heterocycles.